The highest BCUT2D eigenvalue weighted by atomic mass is 35.5. The molecule has 0 spiro atoms. The maximum atomic E-state index is 9.76. The lowest BCUT2D eigenvalue weighted by Crippen LogP contribution is -2.16. The van der Waals surface area contributed by atoms with Crippen molar-refractivity contribution in [2.75, 3.05) is 20.4 Å². The number of hydrogen-bond donors (Lipinski definition) is 2. The van der Waals surface area contributed by atoms with E-state index in [-0.39, 0.29) is 6.79 Å². The van der Waals surface area contributed by atoms with Crippen LogP contribution < -0.4 is 14.8 Å². The zero-order valence-corrected chi connectivity index (χ0v) is 9.04. The average Bonchev–Trinajstić information content (AvgIpc) is 2.66. The predicted octanol–water partition coefficient (Wildman–Crippen LogP) is 1.32. The molecule has 0 radical (unpaired) electrons. The SMILES string of the molecule is CNCC(O)c1cc(Cl)c2c(c1)OCO2. The van der Waals surface area contributed by atoms with Gasteiger partial charge in [0.05, 0.1) is 11.1 Å². The molecule has 0 bridgehead atoms. The van der Waals surface area contributed by atoms with E-state index in [4.69, 9.17) is 21.1 Å². The van der Waals surface area contributed by atoms with Crippen molar-refractivity contribution in [3.05, 3.63) is 22.7 Å². The Hall–Kier alpha value is -0.970. The summed E-state index contributed by atoms with van der Waals surface area (Å²) in [5.41, 5.74) is 0.721. The second-order valence-electron chi connectivity index (χ2n) is 3.31. The molecular weight excluding hydrogens is 218 g/mol. The first-order valence-corrected chi connectivity index (χ1v) is 5.02. The topological polar surface area (TPSA) is 50.7 Å². The van der Waals surface area contributed by atoms with Gasteiger partial charge >= 0.3 is 0 Å². The van der Waals surface area contributed by atoms with Gasteiger partial charge in [-0.05, 0) is 24.7 Å². The van der Waals surface area contributed by atoms with Crippen molar-refractivity contribution in [3.8, 4) is 11.5 Å². The summed E-state index contributed by atoms with van der Waals surface area (Å²) in [4.78, 5) is 0. The van der Waals surface area contributed by atoms with Gasteiger partial charge in [-0.2, -0.15) is 0 Å². The third-order valence-corrected chi connectivity index (χ3v) is 2.51. The standard InChI is InChI=1S/C10H12ClNO3/c1-12-4-8(13)6-2-7(11)10-9(3-6)14-5-15-10/h2-3,8,12-13H,4-5H2,1H3. The van der Waals surface area contributed by atoms with E-state index in [1.807, 2.05) is 0 Å². The van der Waals surface area contributed by atoms with E-state index in [0.717, 1.165) is 5.56 Å². The average molecular weight is 230 g/mol. The number of rotatable bonds is 3. The molecule has 1 unspecified atom stereocenters. The van der Waals surface area contributed by atoms with Crippen LogP contribution in [-0.2, 0) is 0 Å². The van der Waals surface area contributed by atoms with Crippen molar-refractivity contribution >= 4 is 11.6 Å². The zero-order chi connectivity index (χ0) is 10.8. The van der Waals surface area contributed by atoms with Gasteiger partial charge in [-0.3, -0.25) is 0 Å². The molecule has 4 nitrogen and oxygen atoms in total. The number of ether oxygens (including phenoxy) is 2. The molecule has 1 atom stereocenters. The lowest BCUT2D eigenvalue weighted by atomic mass is 10.1. The normalized spacial score (nSPS) is 15.4. The fraction of sp³-hybridized carbons (Fsp3) is 0.400. The van der Waals surface area contributed by atoms with Crippen molar-refractivity contribution < 1.29 is 14.6 Å². The van der Waals surface area contributed by atoms with E-state index in [9.17, 15) is 5.11 Å². The Bertz CT molecular complexity index is 370. The summed E-state index contributed by atoms with van der Waals surface area (Å²) in [6, 6.07) is 3.44. The van der Waals surface area contributed by atoms with Crippen molar-refractivity contribution in [1.29, 1.82) is 0 Å². The summed E-state index contributed by atoms with van der Waals surface area (Å²) in [6.45, 7) is 0.649. The fourth-order valence-corrected chi connectivity index (χ4v) is 1.76. The van der Waals surface area contributed by atoms with E-state index in [2.05, 4.69) is 5.32 Å². The monoisotopic (exact) mass is 229 g/mol. The van der Waals surface area contributed by atoms with Gasteiger partial charge in [0, 0.05) is 6.54 Å². The second kappa shape index (κ2) is 4.26. The van der Waals surface area contributed by atoms with Crippen molar-refractivity contribution in [2.24, 2.45) is 0 Å². The van der Waals surface area contributed by atoms with E-state index < -0.39 is 6.10 Å². The molecule has 1 aromatic carbocycles. The predicted molar refractivity (Wildman–Crippen MR) is 56.5 cm³/mol. The van der Waals surface area contributed by atoms with Crippen molar-refractivity contribution in [1.82, 2.24) is 5.32 Å². The maximum Gasteiger partial charge on any atom is 0.231 e. The van der Waals surface area contributed by atoms with E-state index in [0.29, 0.717) is 23.1 Å². The number of benzene rings is 1. The van der Waals surface area contributed by atoms with Gasteiger partial charge in [-0.15, -0.1) is 0 Å². The minimum atomic E-state index is -0.595. The molecule has 1 aliphatic rings. The molecule has 1 aromatic rings. The number of fused-ring (bicyclic) bond motifs is 1. The molecule has 1 aliphatic heterocycles. The maximum absolute atomic E-state index is 9.76. The molecule has 2 N–H and O–H groups in total. The summed E-state index contributed by atoms with van der Waals surface area (Å²) < 4.78 is 10.4. The first-order valence-electron chi connectivity index (χ1n) is 4.64. The Kier molecular flexibility index (Phi) is 3.00. The van der Waals surface area contributed by atoms with Crippen LogP contribution in [-0.4, -0.2) is 25.5 Å². The van der Waals surface area contributed by atoms with Crippen LogP contribution in [0.15, 0.2) is 12.1 Å². The van der Waals surface area contributed by atoms with E-state index in [1.54, 1.807) is 19.2 Å². The Morgan fingerprint density at radius 2 is 2.33 bits per heavy atom. The highest BCUT2D eigenvalue weighted by molar-refractivity contribution is 6.32. The minimum Gasteiger partial charge on any atom is -0.454 e. The number of aliphatic hydroxyl groups excluding tert-OH is 1. The van der Waals surface area contributed by atoms with Gasteiger partial charge in [0.25, 0.3) is 0 Å². The van der Waals surface area contributed by atoms with Crippen LogP contribution in [0, 0.1) is 0 Å². The van der Waals surface area contributed by atoms with Gasteiger partial charge in [0.15, 0.2) is 11.5 Å². The van der Waals surface area contributed by atoms with Crippen LogP contribution >= 0.6 is 11.6 Å². The molecule has 0 amide bonds. The van der Waals surface area contributed by atoms with Gasteiger partial charge in [0.1, 0.15) is 0 Å². The summed E-state index contributed by atoms with van der Waals surface area (Å²) in [5, 5.41) is 13.1. The first kappa shape index (κ1) is 10.5. The lowest BCUT2D eigenvalue weighted by molar-refractivity contribution is 0.171. The Morgan fingerprint density at radius 1 is 1.53 bits per heavy atom. The van der Waals surface area contributed by atoms with Crippen LogP contribution in [0.4, 0.5) is 0 Å². The van der Waals surface area contributed by atoms with Crippen LogP contribution in [0.5, 0.6) is 11.5 Å². The van der Waals surface area contributed by atoms with Crippen LogP contribution in [0.2, 0.25) is 5.02 Å². The number of aliphatic hydroxyl groups is 1. The lowest BCUT2D eigenvalue weighted by Gasteiger charge is -2.11. The van der Waals surface area contributed by atoms with Gasteiger partial charge < -0.3 is 19.9 Å². The molecule has 0 fully saturated rings. The summed E-state index contributed by atoms with van der Waals surface area (Å²) in [5.74, 6) is 1.14. The van der Waals surface area contributed by atoms with Gasteiger partial charge in [-0.25, -0.2) is 0 Å². The quantitative estimate of drug-likeness (QED) is 0.821. The van der Waals surface area contributed by atoms with E-state index in [1.165, 1.54) is 0 Å². The largest absolute Gasteiger partial charge is 0.454 e. The Balaban J connectivity index is 2.30. The van der Waals surface area contributed by atoms with Crippen molar-refractivity contribution in [2.45, 2.75) is 6.10 Å². The third kappa shape index (κ3) is 2.02. The number of nitrogens with one attached hydrogen (secondary N) is 1. The van der Waals surface area contributed by atoms with Gasteiger partial charge in [-0.1, -0.05) is 11.6 Å². The molecule has 5 heteroatoms. The Labute approximate surface area is 92.8 Å². The number of hydrogen-bond acceptors (Lipinski definition) is 4. The smallest absolute Gasteiger partial charge is 0.231 e. The van der Waals surface area contributed by atoms with Crippen LogP contribution in [0.3, 0.4) is 0 Å². The van der Waals surface area contributed by atoms with E-state index >= 15 is 0 Å². The number of halogens is 1. The highest BCUT2D eigenvalue weighted by Gasteiger charge is 2.20. The van der Waals surface area contributed by atoms with Gasteiger partial charge in [0.2, 0.25) is 6.79 Å². The minimum absolute atomic E-state index is 0.181. The highest BCUT2D eigenvalue weighted by Crippen LogP contribution is 2.40. The summed E-state index contributed by atoms with van der Waals surface area (Å²) in [7, 11) is 1.78. The molecule has 2 rings (SSSR count). The second-order valence-corrected chi connectivity index (χ2v) is 3.72. The number of likely N-dealkylation sites (N-methyl/N-ethyl adjacent to an activating group) is 1. The fourth-order valence-electron chi connectivity index (χ4n) is 1.49. The third-order valence-electron chi connectivity index (χ3n) is 2.23. The zero-order valence-electron chi connectivity index (χ0n) is 8.29. The molecule has 1 heterocycles. The summed E-state index contributed by atoms with van der Waals surface area (Å²) in [6.07, 6.45) is -0.595. The molecular formula is C10H12ClNO3. The molecule has 0 saturated carbocycles. The van der Waals surface area contributed by atoms with Crippen molar-refractivity contribution in [3.63, 3.8) is 0 Å². The summed E-state index contributed by atoms with van der Waals surface area (Å²) >= 11 is 5.98. The molecule has 82 valence electrons. The Morgan fingerprint density at radius 3 is 3.07 bits per heavy atom. The molecule has 0 aromatic heterocycles. The first-order chi connectivity index (χ1) is 7.22. The molecule has 15 heavy (non-hydrogen) atoms. The van der Waals surface area contributed by atoms with Crippen LogP contribution in [0.1, 0.15) is 11.7 Å². The molecule has 0 aliphatic carbocycles. The van der Waals surface area contributed by atoms with Crippen LogP contribution in [0.25, 0.3) is 0 Å². The molecule has 0 saturated heterocycles.